The molecule has 162 valence electrons. The highest BCUT2D eigenvalue weighted by Gasteiger charge is 2.34. The molecular formula is C20H21F3N2O4S. The van der Waals surface area contributed by atoms with Crippen molar-refractivity contribution in [3.8, 4) is 5.75 Å². The van der Waals surface area contributed by atoms with Crippen LogP contribution >= 0.6 is 0 Å². The van der Waals surface area contributed by atoms with Gasteiger partial charge >= 0.3 is 6.18 Å². The monoisotopic (exact) mass is 442 g/mol. The predicted octanol–water partition coefficient (Wildman–Crippen LogP) is 2.79. The maximum absolute atomic E-state index is 12.9. The van der Waals surface area contributed by atoms with Gasteiger partial charge in [0.15, 0.2) is 0 Å². The number of piperazine rings is 1. The molecule has 2 aromatic rings. The zero-order chi connectivity index (χ0) is 21.9. The molecule has 10 heteroatoms. The fraction of sp³-hybridized carbons (Fsp3) is 0.350. The van der Waals surface area contributed by atoms with Gasteiger partial charge in [-0.3, -0.25) is 4.79 Å². The summed E-state index contributed by atoms with van der Waals surface area (Å²) in [5.41, 5.74) is -0.293. The maximum atomic E-state index is 12.9. The van der Waals surface area contributed by atoms with Crippen molar-refractivity contribution in [3.05, 3.63) is 59.7 Å². The number of amides is 1. The molecule has 0 unspecified atom stereocenters. The molecule has 1 heterocycles. The van der Waals surface area contributed by atoms with Gasteiger partial charge in [-0.1, -0.05) is 24.3 Å². The molecule has 1 aliphatic rings. The van der Waals surface area contributed by atoms with E-state index < -0.39 is 26.7 Å². The third-order valence-electron chi connectivity index (χ3n) is 4.92. The van der Waals surface area contributed by atoms with Crippen molar-refractivity contribution in [2.45, 2.75) is 17.5 Å². The van der Waals surface area contributed by atoms with Crippen molar-refractivity contribution in [3.63, 3.8) is 0 Å². The first-order chi connectivity index (χ1) is 14.1. The Morgan fingerprint density at radius 3 is 2.33 bits per heavy atom. The van der Waals surface area contributed by atoms with E-state index in [1.807, 2.05) is 0 Å². The van der Waals surface area contributed by atoms with E-state index in [-0.39, 0.29) is 38.5 Å². The van der Waals surface area contributed by atoms with Crippen LogP contribution in [-0.4, -0.2) is 56.8 Å². The lowest BCUT2D eigenvalue weighted by Gasteiger charge is -2.34. The zero-order valence-electron chi connectivity index (χ0n) is 16.2. The number of alkyl halides is 3. The van der Waals surface area contributed by atoms with E-state index in [0.29, 0.717) is 11.8 Å². The third-order valence-corrected chi connectivity index (χ3v) is 6.82. The first-order valence-electron chi connectivity index (χ1n) is 9.20. The SMILES string of the molecule is COc1ccccc1CC(=O)N1CCN(S(=O)(=O)c2cccc(C(F)(F)F)c2)CC1. The van der Waals surface area contributed by atoms with E-state index in [4.69, 9.17) is 4.74 Å². The standard InChI is InChI=1S/C20H21F3N2O4S/c1-29-18-8-3-2-5-15(18)13-19(26)24-9-11-25(12-10-24)30(27,28)17-7-4-6-16(14-17)20(21,22)23/h2-8,14H,9-13H2,1H3. The van der Waals surface area contributed by atoms with Crippen LogP contribution in [0.2, 0.25) is 0 Å². The molecule has 0 N–H and O–H groups in total. The second-order valence-electron chi connectivity index (χ2n) is 6.80. The van der Waals surface area contributed by atoms with E-state index in [9.17, 15) is 26.4 Å². The Labute approximate surface area is 172 Å². The summed E-state index contributed by atoms with van der Waals surface area (Å²) < 4.78 is 70.6. The summed E-state index contributed by atoms with van der Waals surface area (Å²) in [5, 5.41) is 0. The number of halogens is 3. The second-order valence-corrected chi connectivity index (χ2v) is 8.74. The molecule has 0 bridgehead atoms. The number of rotatable bonds is 5. The van der Waals surface area contributed by atoms with Gasteiger partial charge in [0.2, 0.25) is 15.9 Å². The zero-order valence-corrected chi connectivity index (χ0v) is 17.0. The molecule has 0 spiro atoms. The molecule has 1 aliphatic heterocycles. The van der Waals surface area contributed by atoms with Gasteiger partial charge in [0.05, 0.1) is 24.0 Å². The number of nitrogens with zero attached hydrogens (tertiary/aromatic N) is 2. The fourth-order valence-corrected chi connectivity index (χ4v) is 4.75. The van der Waals surface area contributed by atoms with E-state index in [1.54, 1.807) is 29.2 Å². The summed E-state index contributed by atoms with van der Waals surface area (Å²) in [6.45, 7) is 0.338. The van der Waals surface area contributed by atoms with E-state index in [2.05, 4.69) is 0 Å². The van der Waals surface area contributed by atoms with Crippen molar-refractivity contribution >= 4 is 15.9 Å². The quantitative estimate of drug-likeness (QED) is 0.714. The molecule has 0 radical (unpaired) electrons. The average Bonchev–Trinajstić information content (AvgIpc) is 2.73. The summed E-state index contributed by atoms with van der Waals surface area (Å²) >= 11 is 0. The molecule has 30 heavy (non-hydrogen) atoms. The number of sulfonamides is 1. The minimum Gasteiger partial charge on any atom is -0.496 e. The second kappa shape index (κ2) is 8.65. The van der Waals surface area contributed by atoms with Gasteiger partial charge in [0.25, 0.3) is 0 Å². The van der Waals surface area contributed by atoms with Crippen molar-refractivity contribution in [2.24, 2.45) is 0 Å². The van der Waals surface area contributed by atoms with Crippen LogP contribution in [0.3, 0.4) is 0 Å². The number of hydrogen-bond acceptors (Lipinski definition) is 4. The maximum Gasteiger partial charge on any atom is 0.416 e. The average molecular weight is 442 g/mol. The highest BCUT2D eigenvalue weighted by Crippen LogP contribution is 2.31. The topological polar surface area (TPSA) is 66.9 Å². The van der Waals surface area contributed by atoms with Gasteiger partial charge in [0.1, 0.15) is 5.75 Å². The molecule has 1 amide bonds. The molecule has 3 rings (SSSR count). The summed E-state index contributed by atoms with van der Waals surface area (Å²) in [7, 11) is -2.57. The van der Waals surface area contributed by atoms with Crippen LogP contribution in [0.5, 0.6) is 5.75 Å². The number of methoxy groups -OCH3 is 1. The smallest absolute Gasteiger partial charge is 0.416 e. The lowest BCUT2D eigenvalue weighted by Crippen LogP contribution is -2.50. The van der Waals surface area contributed by atoms with Gasteiger partial charge in [-0.2, -0.15) is 17.5 Å². The molecule has 0 atom stereocenters. The molecule has 0 saturated carbocycles. The van der Waals surface area contributed by atoms with Crippen molar-refractivity contribution in [1.82, 2.24) is 9.21 Å². The number of benzene rings is 2. The van der Waals surface area contributed by atoms with Crippen LogP contribution in [0.25, 0.3) is 0 Å². The lowest BCUT2D eigenvalue weighted by molar-refractivity contribution is -0.137. The number of carbonyl (C=O) groups excluding carboxylic acids is 1. The van der Waals surface area contributed by atoms with Crippen LogP contribution in [0, 0.1) is 0 Å². The summed E-state index contributed by atoms with van der Waals surface area (Å²) in [5.74, 6) is 0.423. The molecule has 6 nitrogen and oxygen atoms in total. The van der Waals surface area contributed by atoms with Crippen LogP contribution in [0.1, 0.15) is 11.1 Å². The Kier molecular flexibility index (Phi) is 6.37. The number of hydrogen-bond donors (Lipinski definition) is 0. The first kappa shape index (κ1) is 22.1. The summed E-state index contributed by atoms with van der Waals surface area (Å²) in [6, 6.07) is 10.8. The number of ether oxygens (including phenoxy) is 1. The third kappa shape index (κ3) is 4.76. The molecule has 0 aromatic heterocycles. The molecule has 1 fully saturated rings. The van der Waals surface area contributed by atoms with Crippen LogP contribution in [-0.2, 0) is 27.4 Å². The van der Waals surface area contributed by atoms with Crippen molar-refractivity contribution in [1.29, 1.82) is 0 Å². The largest absolute Gasteiger partial charge is 0.496 e. The number of para-hydroxylation sites is 1. The normalized spacial score (nSPS) is 15.8. The van der Waals surface area contributed by atoms with E-state index >= 15 is 0 Å². The van der Waals surface area contributed by atoms with Crippen molar-refractivity contribution < 1.29 is 31.1 Å². The predicted molar refractivity (Wildman–Crippen MR) is 103 cm³/mol. The van der Waals surface area contributed by atoms with Crippen LogP contribution in [0.15, 0.2) is 53.4 Å². The fourth-order valence-electron chi connectivity index (χ4n) is 3.28. The molecule has 0 aliphatic carbocycles. The molecule has 2 aromatic carbocycles. The van der Waals surface area contributed by atoms with Crippen LogP contribution in [0.4, 0.5) is 13.2 Å². The van der Waals surface area contributed by atoms with Crippen LogP contribution < -0.4 is 4.74 Å². The summed E-state index contributed by atoms with van der Waals surface area (Å²) in [6.07, 6.45) is -4.51. The summed E-state index contributed by atoms with van der Waals surface area (Å²) in [4.78, 5) is 13.7. The molecule has 1 saturated heterocycles. The van der Waals surface area contributed by atoms with E-state index in [0.717, 1.165) is 28.1 Å². The minimum atomic E-state index is -4.63. The number of carbonyl (C=O) groups is 1. The Bertz CT molecular complexity index is 1020. The lowest BCUT2D eigenvalue weighted by atomic mass is 10.1. The highest BCUT2D eigenvalue weighted by atomic mass is 32.2. The Hall–Kier alpha value is -2.59. The highest BCUT2D eigenvalue weighted by molar-refractivity contribution is 7.89. The Morgan fingerprint density at radius 1 is 1.03 bits per heavy atom. The van der Waals surface area contributed by atoms with Gasteiger partial charge in [-0.15, -0.1) is 0 Å². The van der Waals surface area contributed by atoms with Gasteiger partial charge in [-0.05, 0) is 24.3 Å². The molecular weight excluding hydrogens is 421 g/mol. The van der Waals surface area contributed by atoms with E-state index in [1.165, 1.54) is 7.11 Å². The minimum absolute atomic E-state index is 0.0102. The Morgan fingerprint density at radius 2 is 1.70 bits per heavy atom. The van der Waals surface area contributed by atoms with Gasteiger partial charge in [-0.25, -0.2) is 8.42 Å². The van der Waals surface area contributed by atoms with Gasteiger partial charge < -0.3 is 9.64 Å². The first-order valence-corrected chi connectivity index (χ1v) is 10.6. The Balaban J connectivity index is 1.67. The van der Waals surface area contributed by atoms with Crippen molar-refractivity contribution in [2.75, 3.05) is 33.3 Å². The van der Waals surface area contributed by atoms with Gasteiger partial charge in [0, 0.05) is 31.7 Å².